The topological polar surface area (TPSA) is 77.2 Å². The first-order chi connectivity index (χ1) is 13.4. The van der Waals surface area contributed by atoms with Crippen molar-refractivity contribution in [3.05, 3.63) is 63.5 Å². The quantitative estimate of drug-likeness (QED) is 0.505. The second-order valence-electron chi connectivity index (χ2n) is 5.93. The van der Waals surface area contributed by atoms with E-state index in [1.54, 1.807) is 18.2 Å². The number of aryl methyl sites for hydroxylation is 2. The normalized spacial score (nSPS) is 10.7. The molecule has 0 radical (unpaired) electrons. The zero-order chi connectivity index (χ0) is 20.1. The molecule has 0 fully saturated rings. The first-order valence-corrected chi connectivity index (χ1v) is 10.1. The second kappa shape index (κ2) is 9.32. The average Bonchev–Trinajstić information content (AvgIpc) is 3.13. The summed E-state index contributed by atoms with van der Waals surface area (Å²) < 4.78 is 11.1. The molecule has 9 heteroatoms. The van der Waals surface area contributed by atoms with Crippen molar-refractivity contribution < 1.29 is 13.9 Å². The summed E-state index contributed by atoms with van der Waals surface area (Å²) in [5.74, 6) is 0.885. The zero-order valence-electron chi connectivity index (χ0n) is 15.2. The van der Waals surface area contributed by atoms with Crippen LogP contribution in [-0.4, -0.2) is 21.9 Å². The molecule has 1 heterocycles. The number of hydrogen-bond donors (Lipinski definition) is 1. The van der Waals surface area contributed by atoms with Gasteiger partial charge in [-0.15, -0.1) is 10.2 Å². The van der Waals surface area contributed by atoms with E-state index in [1.165, 1.54) is 5.56 Å². The lowest BCUT2D eigenvalue weighted by atomic mass is 10.1. The number of anilines is 1. The third kappa shape index (κ3) is 5.41. The molecule has 0 spiro atoms. The Balaban J connectivity index is 1.49. The highest BCUT2D eigenvalue weighted by Gasteiger charge is 2.12. The minimum absolute atomic E-state index is 0.0858. The van der Waals surface area contributed by atoms with E-state index in [9.17, 15) is 4.79 Å². The number of rotatable bonds is 7. The van der Waals surface area contributed by atoms with E-state index in [2.05, 4.69) is 15.5 Å². The fraction of sp³-hybridized carbons (Fsp3) is 0.211. The number of carbonyl (C=O) groups is 1. The first kappa shape index (κ1) is 20.5. The van der Waals surface area contributed by atoms with Crippen LogP contribution in [0.25, 0.3) is 0 Å². The summed E-state index contributed by atoms with van der Waals surface area (Å²) in [4.78, 5) is 12.1. The molecule has 0 aliphatic heterocycles. The van der Waals surface area contributed by atoms with Crippen LogP contribution >= 0.6 is 35.0 Å². The number of nitrogens with one attached hydrogen (secondary N) is 1. The van der Waals surface area contributed by atoms with Crippen molar-refractivity contribution in [2.24, 2.45) is 0 Å². The molecule has 0 saturated heterocycles. The van der Waals surface area contributed by atoms with Gasteiger partial charge in [0.05, 0.1) is 21.5 Å². The zero-order valence-corrected chi connectivity index (χ0v) is 17.5. The highest BCUT2D eigenvalue weighted by atomic mass is 35.5. The highest BCUT2D eigenvalue weighted by Crippen LogP contribution is 2.29. The number of benzene rings is 2. The van der Waals surface area contributed by atoms with Crippen LogP contribution in [0, 0.1) is 13.8 Å². The molecule has 6 nitrogen and oxygen atoms in total. The number of carbonyl (C=O) groups excluding carboxylic acids is 1. The van der Waals surface area contributed by atoms with Gasteiger partial charge < -0.3 is 14.5 Å². The van der Waals surface area contributed by atoms with Gasteiger partial charge >= 0.3 is 0 Å². The van der Waals surface area contributed by atoms with E-state index < -0.39 is 0 Å². The lowest BCUT2D eigenvalue weighted by Gasteiger charge is -2.07. The van der Waals surface area contributed by atoms with Gasteiger partial charge in [-0.05, 0) is 49.2 Å². The van der Waals surface area contributed by atoms with Gasteiger partial charge in [-0.2, -0.15) is 0 Å². The van der Waals surface area contributed by atoms with E-state index in [0.717, 1.165) is 23.1 Å². The maximum absolute atomic E-state index is 12.1. The smallest absolute Gasteiger partial charge is 0.277 e. The maximum atomic E-state index is 12.1. The number of hydrogen-bond acceptors (Lipinski definition) is 6. The number of ether oxygens (including phenoxy) is 1. The van der Waals surface area contributed by atoms with Crippen molar-refractivity contribution in [2.45, 2.75) is 25.7 Å². The summed E-state index contributed by atoms with van der Waals surface area (Å²) in [7, 11) is 0. The summed E-state index contributed by atoms with van der Waals surface area (Å²) >= 11 is 13.1. The Morgan fingerprint density at radius 3 is 2.79 bits per heavy atom. The lowest BCUT2D eigenvalue weighted by molar-refractivity contribution is -0.113. The van der Waals surface area contributed by atoms with Gasteiger partial charge in [-0.25, -0.2) is 0 Å². The van der Waals surface area contributed by atoms with Crippen molar-refractivity contribution >= 4 is 46.6 Å². The number of thioether (sulfide) groups is 1. The van der Waals surface area contributed by atoms with Crippen molar-refractivity contribution in [2.75, 3.05) is 11.1 Å². The molecule has 3 rings (SSSR count). The summed E-state index contributed by atoms with van der Waals surface area (Å²) in [6, 6.07) is 10.9. The Labute approximate surface area is 176 Å². The van der Waals surface area contributed by atoms with Crippen molar-refractivity contribution in [3.63, 3.8) is 0 Å². The van der Waals surface area contributed by atoms with Crippen LogP contribution in [0.4, 0.5) is 5.69 Å². The van der Waals surface area contributed by atoms with E-state index >= 15 is 0 Å². The van der Waals surface area contributed by atoms with Crippen molar-refractivity contribution in [1.82, 2.24) is 10.2 Å². The maximum Gasteiger partial charge on any atom is 0.277 e. The third-order valence-corrected chi connectivity index (χ3v) is 5.48. The first-order valence-electron chi connectivity index (χ1n) is 8.31. The molecule has 0 bridgehead atoms. The Bertz CT molecular complexity index is 994. The molecule has 2 aromatic carbocycles. The molecule has 3 aromatic rings. The molecule has 0 atom stereocenters. The van der Waals surface area contributed by atoms with Gasteiger partial charge in [0, 0.05) is 0 Å². The number of halogens is 2. The minimum Gasteiger partial charge on any atom is -0.484 e. The Kier molecular flexibility index (Phi) is 6.83. The SMILES string of the molecule is Cc1ccc(OCc2nnc(SCC(=O)Nc3cccc(Cl)c3Cl)o2)cc1C. The molecule has 0 saturated carbocycles. The number of amides is 1. The van der Waals surface area contributed by atoms with E-state index in [4.69, 9.17) is 32.4 Å². The van der Waals surface area contributed by atoms with Gasteiger partial charge in [0.2, 0.25) is 5.91 Å². The predicted octanol–water partition coefficient (Wildman–Crippen LogP) is 5.30. The minimum atomic E-state index is -0.264. The molecule has 1 N–H and O–H groups in total. The Morgan fingerprint density at radius 1 is 1.18 bits per heavy atom. The molecule has 0 unspecified atom stereocenters. The highest BCUT2D eigenvalue weighted by molar-refractivity contribution is 7.99. The number of nitrogens with zero attached hydrogens (tertiary/aromatic N) is 2. The van der Waals surface area contributed by atoms with Crippen LogP contribution in [-0.2, 0) is 11.4 Å². The molecular weight excluding hydrogens is 421 g/mol. The molecule has 1 amide bonds. The molecule has 0 aliphatic rings. The summed E-state index contributed by atoms with van der Waals surface area (Å²) in [5.41, 5.74) is 2.79. The van der Waals surface area contributed by atoms with Gasteiger partial charge in [-0.3, -0.25) is 4.79 Å². The van der Waals surface area contributed by atoms with Crippen LogP contribution < -0.4 is 10.1 Å². The van der Waals surface area contributed by atoms with Gasteiger partial charge in [0.25, 0.3) is 11.1 Å². The summed E-state index contributed by atoms with van der Waals surface area (Å²) in [6.45, 7) is 4.21. The lowest BCUT2D eigenvalue weighted by Crippen LogP contribution is -2.14. The number of aromatic nitrogens is 2. The third-order valence-electron chi connectivity index (χ3n) is 3.84. The van der Waals surface area contributed by atoms with Crippen LogP contribution in [0.1, 0.15) is 17.0 Å². The van der Waals surface area contributed by atoms with Crippen molar-refractivity contribution in [3.8, 4) is 5.75 Å². The Hall–Kier alpha value is -2.22. The largest absolute Gasteiger partial charge is 0.484 e. The van der Waals surface area contributed by atoms with Crippen molar-refractivity contribution in [1.29, 1.82) is 0 Å². The van der Waals surface area contributed by atoms with E-state index in [-0.39, 0.29) is 23.5 Å². The van der Waals surface area contributed by atoms with Gasteiger partial charge in [0.15, 0.2) is 6.61 Å². The van der Waals surface area contributed by atoms with Crippen LogP contribution in [0.3, 0.4) is 0 Å². The summed E-state index contributed by atoms with van der Waals surface area (Å²) in [6.07, 6.45) is 0. The van der Waals surface area contributed by atoms with Crippen LogP contribution in [0.15, 0.2) is 46.0 Å². The second-order valence-corrected chi connectivity index (χ2v) is 7.65. The van der Waals surface area contributed by atoms with Crippen LogP contribution in [0.5, 0.6) is 5.75 Å². The molecule has 0 aliphatic carbocycles. The monoisotopic (exact) mass is 437 g/mol. The predicted molar refractivity (Wildman–Crippen MR) is 110 cm³/mol. The molecular formula is C19H17Cl2N3O3S. The van der Waals surface area contributed by atoms with E-state index in [0.29, 0.717) is 21.6 Å². The van der Waals surface area contributed by atoms with E-state index in [1.807, 2.05) is 32.0 Å². The fourth-order valence-electron chi connectivity index (χ4n) is 2.22. The van der Waals surface area contributed by atoms with Gasteiger partial charge in [0.1, 0.15) is 5.75 Å². The standard InChI is InChI=1S/C19H17Cl2N3O3S/c1-11-6-7-13(8-12(11)2)26-9-17-23-24-19(27-17)28-10-16(25)22-15-5-3-4-14(20)18(15)21/h3-8H,9-10H2,1-2H3,(H,22,25). The molecule has 1 aromatic heterocycles. The van der Waals surface area contributed by atoms with Gasteiger partial charge in [-0.1, -0.05) is 47.1 Å². The summed E-state index contributed by atoms with van der Waals surface area (Å²) in [5, 5.41) is 11.5. The average molecular weight is 438 g/mol. The van der Waals surface area contributed by atoms with Crippen LogP contribution in [0.2, 0.25) is 10.0 Å². The molecule has 28 heavy (non-hydrogen) atoms. The fourth-order valence-corrected chi connectivity index (χ4v) is 3.15. The Morgan fingerprint density at radius 2 is 2.00 bits per heavy atom. The molecule has 146 valence electrons.